The summed E-state index contributed by atoms with van der Waals surface area (Å²) in [5.74, 6) is -0.374. The van der Waals surface area contributed by atoms with Gasteiger partial charge in [0.15, 0.2) is 0 Å². The van der Waals surface area contributed by atoms with E-state index < -0.39 is 0 Å². The second-order valence-electron chi connectivity index (χ2n) is 4.38. The third-order valence-corrected chi connectivity index (χ3v) is 2.57. The second kappa shape index (κ2) is 6.86. The molecule has 18 heavy (non-hydrogen) atoms. The van der Waals surface area contributed by atoms with Crippen LogP contribution in [0.15, 0.2) is 18.2 Å². The SMILES string of the molecule is COC(=O)c1ccc(NCCCN(C)C)c(N)c1. The van der Waals surface area contributed by atoms with Crippen LogP contribution < -0.4 is 11.1 Å². The Labute approximate surface area is 108 Å². The van der Waals surface area contributed by atoms with Crippen LogP contribution >= 0.6 is 0 Å². The predicted octanol–water partition coefficient (Wildman–Crippen LogP) is 1.42. The number of hydrogen-bond donors (Lipinski definition) is 2. The number of rotatable bonds is 6. The number of nitrogen functional groups attached to an aromatic ring is 1. The molecule has 0 aliphatic carbocycles. The van der Waals surface area contributed by atoms with Crippen LogP contribution in [-0.4, -0.2) is 45.2 Å². The van der Waals surface area contributed by atoms with Crippen LogP contribution in [0.25, 0.3) is 0 Å². The Morgan fingerprint density at radius 2 is 2.17 bits per heavy atom. The van der Waals surface area contributed by atoms with Crippen LogP contribution in [0.4, 0.5) is 11.4 Å². The third-order valence-electron chi connectivity index (χ3n) is 2.57. The minimum Gasteiger partial charge on any atom is -0.465 e. The Kier molecular flexibility index (Phi) is 5.45. The Morgan fingerprint density at radius 1 is 1.44 bits per heavy atom. The van der Waals surface area contributed by atoms with Crippen molar-refractivity contribution in [1.29, 1.82) is 0 Å². The van der Waals surface area contributed by atoms with Crippen molar-refractivity contribution in [1.82, 2.24) is 4.90 Å². The normalized spacial score (nSPS) is 10.4. The first-order valence-electron chi connectivity index (χ1n) is 5.91. The third kappa shape index (κ3) is 4.25. The molecule has 100 valence electrons. The van der Waals surface area contributed by atoms with Crippen LogP contribution in [0.1, 0.15) is 16.8 Å². The molecule has 0 saturated heterocycles. The van der Waals surface area contributed by atoms with Gasteiger partial charge >= 0.3 is 5.97 Å². The summed E-state index contributed by atoms with van der Waals surface area (Å²) < 4.78 is 4.64. The summed E-state index contributed by atoms with van der Waals surface area (Å²) in [6.07, 6.45) is 1.03. The first kappa shape index (κ1) is 14.3. The van der Waals surface area contributed by atoms with Gasteiger partial charge in [0.05, 0.1) is 24.0 Å². The van der Waals surface area contributed by atoms with E-state index in [1.54, 1.807) is 18.2 Å². The summed E-state index contributed by atoms with van der Waals surface area (Å²) >= 11 is 0. The van der Waals surface area contributed by atoms with Gasteiger partial charge in [-0.3, -0.25) is 0 Å². The van der Waals surface area contributed by atoms with Gasteiger partial charge < -0.3 is 20.7 Å². The molecule has 0 radical (unpaired) electrons. The van der Waals surface area contributed by atoms with E-state index in [9.17, 15) is 4.79 Å². The van der Waals surface area contributed by atoms with Gasteiger partial charge in [-0.25, -0.2) is 4.79 Å². The Bertz CT molecular complexity index is 405. The molecule has 1 aromatic rings. The molecule has 0 heterocycles. The summed E-state index contributed by atoms with van der Waals surface area (Å²) in [7, 11) is 5.44. The van der Waals surface area contributed by atoms with Crippen molar-refractivity contribution in [2.24, 2.45) is 0 Å². The van der Waals surface area contributed by atoms with Crippen molar-refractivity contribution in [3.05, 3.63) is 23.8 Å². The number of esters is 1. The monoisotopic (exact) mass is 251 g/mol. The first-order chi connectivity index (χ1) is 8.54. The standard InChI is InChI=1S/C13H21N3O2/c1-16(2)8-4-7-15-12-6-5-10(9-11(12)14)13(17)18-3/h5-6,9,15H,4,7-8,14H2,1-3H3. The van der Waals surface area contributed by atoms with Gasteiger partial charge in [0.1, 0.15) is 0 Å². The predicted molar refractivity (Wildman–Crippen MR) is 73.9 cm³/mol. The Morgan fingerprint density at radius 3 is 2.72 bits per heavy atom. The van der Waals surface area contributed by atoms with Crippen molar-refractivity contribution in [3.8, 4) is 0 Å². The first-order valence-corrected chi connectivity index (χ1v) is 5.91. The van der Waals surface area contributed by atoms with Crippen LogP contribution in [0.5, 0.6) is 0 Å². The fraction of sp³-hybridized carbons (Fsp3) is 0.462. The number of nitrogens with zero attached hydrogens (tertiary/aromatic N) is 1. The second-order valence-corrected chi connectivity index (χ2v) is 4.38. The van der Waals surface area contributed by atoms with Gasteiger partial charge in [-0.05, 0) is 45.3 Å². The molecule has 0 atom stereocenters. The van der Waals surface area contributed by atoms with Crippen LogP contribution in [0, 0.1) is 0 Å². The van der Waals surface area contributed by atoms with Gasteiger partial charge in [0, 0.05) is 6.54 Å². The zero-order valence-corrected chi connectivity index (χ0v) is 11.2. The largest absolute Gasteiger partial charge is 0.465 e. The summed E-state index contributed by atoms with van der Waals surface area (Å²) in [6, 6.07) is 5.13. The van der Waals surface area contributed by atoms with Gasteiger partial charge in [0.2, 0.25) is 0 Å². The van der Waals surface area contributed by atoms with E-state index >= 15 is 0 Å². The lowest BCUT2D eigenvalue weighted by Crippen LogP contribution is -2.16. The molecule has 5 nitrogen and oxygen atoms in total. The Hall–Kier alpha value is -1.75. The van der Waals surface area contributed by atoms with Crippen molar-refractivity contribution in [3.63, 3.8) is 0 Å². The molecule has 0 fully saturated rings. The molecule has 1 rings (SSSR count). The number of carbonyl (C=O) groups is 1. The average Bonchev–Trinajstić information content (AvgIpc) is 2.34. The molecular formula is C13H21N3O2. The number of benzene rings is 1. The van der Waals surface area contributed by atoms with E-state index in [-0.39, 0.29) is 5.97 Å². The van der Waals surface area contributed by atoms with E-state index in [0.717, 1.165) is 25.2 Å². The summed E-state index contributed by atoms with van der Waals surface area (Å²) in [5.41, 5.74) is 7.75. The summed E-state index contributed by atoms with van der Waals surface area (Å²) in [5, 5.41) is 3.25. The molecule has 0 saturated carbocycles. The number of hydrogen-bond acceptors (Lipinski definition) is 5. The average molecular weight is 251 g/mol. The van der Waals surface area contributed by atoms with Gasteiger partial charge in [-0.2, -0.15) is 0 Å². The van der Waals surface area contributed by atoms with E-state index in [1.807, 2.05) is 14.1 Å². The maximum absolute atomic E-state index is 11.3. The highest BCUT2D eigenvalue weighted by atomic mass is 16.5. The molecule has 0 amide bonds. The topological polar surface area (TPSA) is 67.6 Å². The van der Waals surface area contributed by atoms with Gasteiger partial charge in [-0.1, -0.05) is 0 Å². The number of carbonyl (C=O) groups excluding carboxylic acids is 1. The van der Waals surface area contributed by atoms with Crippen LogP contribution in [0.2, 0.25) is 0 Å². The summed E-state index contributed by atoms with van der Waals surface area (Å²) in [6.45, 7) is 1.87. The fourth-order valence-corrected chi connectivity index (χ4v) is 1.59. The van der Waals surface area contributed by atoms with E-state index in [4.69, 9.17) is 5.73 Å². The molecule has 1 aromatic carbocycles. The zero-order valence-electron chi connectivity index (χ0n) is 11.2. The molecular weight excluding hydrogens is 230 g/mol. The van der Waals surface area contributed by atoms with Crippen molar-refractivity contribution in [2.75, 3.05) is 45.3 Å². The minimum atomic E-state index is -0.374. The van der Waals surface area contributed by atoms with Crippen LogP contribution in [-0.2, 0) is 4.74 Å². The Balaban J connectivity index is 2.55. The van der Waals surface area contributed by atoms with E-state index in [2.05, 4.69) is 15.0 Å². The number of nitrogens with one attached hydrogen (secondary N) is 1. The number of anilines is 2. The number of ether oxygens (including phenoxy) is 1. The van der Waals surface area contributed by atoms with Gasteiger partial charge in [-0.15, -0.1) is 0 Å². The van der Waals surface area contributed by atoms with Crippen molar-refractivity contribution in [2.45, 2.75) is 6.42 Å². The van der Waals surface area contributed by atoms with E-state index in [1.165, 1.54) is 7.11 Å². The molecule has 0 spiro atoms. The molecule has 0 unspecified atom stereocenters. The zero-order chi connectivity index (χ0) is 13.5. The highest BCUT2D eigenvalue weighted by Crippen LogP contribution is 2.20. The maximum Gasteiger partial charge on any atom is 0.337 e. The summed E-state index contributed by atoms with van der Waals surface area (Å²) in [4.78, 5) is 13.4. The highest BCUT2D eigenvalue weighted by Gasteiger charge is 2.07. The van der Waals surface area contributed by atoms with Crippen molar-refractivity contribution < 1.29 is 9.53 Å². The molecule has 0 aliphatic heterocycles. The molecule has 0 aromatic heterocycles. The lowest BCUT2D eigenvalue weighted by molar-refractivity contribution is 0.0601. The van der Waals surface area contributed by atoms with Crippen LogP contribution in [0.3, 0.4) is 0 Å². The number of nitrogens with two attached hydrogens (primary N) is 1. The lowest BCUT2D eigenvalue weighted by Gasteiger charge is -2.12. The minimum absolute atomic E-state index is 0.374. The quantitative estimate of drug-likeness (QED) is 0.454. The highest BCUT2D eigenvalue weighted by molar-refractivity contribution is 5.91. The maximum atomic E-state index is 11.3. The lowest BCUT2D eigenvalue weighted by atomic mass is 10.1. The fourth-order valence-electron chi connectivity index (χ4n) is 1.59. The molecule has 0 aliphatic rings. The number of methoxy groups -OCH3 is 1. The smallest absolute Gasteiger partial charge is 0.337 e. The molecule has 0 bridgehead atoms. The molecule has 5 heteroatoms. The van der Waals surface area contributed by atoms with E-state index in [0.29, 0.717) is 11.3 Å². The molecule has 3 N–H and O–H groups in total. The van der Waals surface area contributed by atoms with Gasteiger partial charge in [0.25, 0.3) is 0 Å². The van der Waals surface area contributed by atoms with Crippen molar-refractivity contribution >= 4 is 17.3 Å².